The van der Waals surface area contributed by atoms with Crippen LogP contribution in [0.15, 0.2) is 23.4 Å². The summed E-state index contributed by atoms with van der Waals surface area (Å²) in [5, 5.41) is 12.3. The summed E-state index contributed by atoms with van der Waals surface area (Å²) < 4.78 is 26.3. The summed E-state index contributed by atoms with van der Waals surface area (Å²) in [6.45, 7) is 4.06. The number of piperidine rings is 1. The zero-order chi connectivity index (χ0) is 13.8. The minimum atomic E-state index is -0.545. The van der Waals surface area contributed by atoms with Crippen molar-refractivity contribution >= 4 is 5.71 Å². The lowest BCUT2D eigenvalue weighted by atomic mass is 9.93. The Morgan fingerprint density at radius 3 is 2.58 bits per heavy atom. The van der Waals surface area contributed by atoms with E-state index in [4.69, 9.17) is 5.21 Å². The first-order valence-electron chi connectivity index (χ1n) is 6.50. The van der Waals surface area contributed by atoms with Crippen LogP contribution in [0.2, 0.25) is 0 Å². The van der Waals surface area contributed by atoms with Crippen LogP contribution in [0.25, 0.3) is 0 Å². The van der Waals surface area contributed by atoms with Gasteiger partial charge in [-0.2, -0.15) is 0 Å². The fourth-order valence-corrected chi connectivity index (χ4v) is 2.59. The van der Waals surface area contributed by atoms with Crippen molar-refractivity contribution in [3.8, 4) is 0 Å². The predicted octanol–water partition coefficient (Wildman–Crippen LogP) is 3.03. The molecule has 1 unspecified atom stereocenters. The van der Waals surface area contributed by atoms with E-state index >= 15 is 0 Å². The van der Waals surface area contributed by atoms with Gasteiger partial charge in [-0.25, -0.2) is 8.78 Å². The summed E-state index contributed by atoms with van der Waals surface area (Å²) in [6, 6.07) is 3.60. The summed E-state index contributed by atoms with van der Waals surface area (Å²) in [6.07, 6.45) is 1.60. The fraction of sp³-hybridized carbons (Fsp3) is 0.500. The van der Waals surface area contributed by atoms with E-state index in [2.05, 4.69) is 10.1 Å². The Balaban J connectivity index is 2.04. The molecule has 0 saturated carbocycles. The van der Waals surface area contributed by atoms with Gasteiger partial charge in [0.1, 0.15) is 11.6 Å². The minimum absolute atomic E-state index is 0.220. The second kappa shape index (κ2) is 6.10. The molecule has 0 bridgehead atoms. The molecule has 0 spiro atoms. The molecule has 3 nitrogen and oxygen atoms in total. The van der Waals surface area contributed by atoms with Crippen molar-refractivity contribution in [2.45, 2.75) is 26.3 Å². The highest BCUT2D eigenvalue weighted by atomic mass is 19.1. The predicted molar refractivity (Wildman–Crippen MR) is 69.3 cm³/mol. The first kappa shape index (κ1) is 13.9. The average molecular weight is 268 g/mol. The van der Waals surface area contributed by atoms with E-state index in [1.807, 2.05) is 6.92 Å². The van der Waals surface area contributed by atoms with Gasteiger partial charge in [-0.3, -0.25) is 4.90 Å². The molecule has 1 atom stereocenters. The standard InChI is InChI=1S/C14H18F2N2O/c1-2-11-9-18(4-3-14(11)17-19)8-10-5-12(15)7-13(16)6-10/h5-7,11,19H,2-4,8-9H2,1H3/b17-14+. The van der Waals surface area contributed by atoms with Crippen LogP contribution in [0.4, 0.5) is 8.78 Å². The molecule has 1 aromatic carbocycles. The van der Waals surface area contributed by atoms with Gasteiger partial charge in [0, 0.05) is 38.0 Å². The van der Waals surface area contributed by atoms with E-state index in [0.29, 0.717) is 18.5 Å². The maximum Gasteiger partial charge on any atom is 0.126 e. The van der Waals surface area contributed by atoms with Gasteiger partial charge in [0.05, 0.1) is 5.71 Å². The molecule has 0 radical (unpaired) electrons. The molecule has 1 aliphatic heterocycles. The largest absolute Gasteiger partial charge is 0.411 e. The van der Waals surface area contributed by atoms with E-state index in [9.17, 15) is 8.78 Å². The summed E-state index contributed by atoms with van der Waals surface area (Å²) >= 11 is 0. The van der Waals surface area contributed by atoms with Gasteiger partial charge in [-0.05, 0) is 24.1 Å². The molecular formula is C14H18F2N2O. The molecule has 1 aliphatic rings. The smallest absolute Gasteiger partial charge is 0.126 e. The van der Waals surface area contributed by atoms with Crippen molar-refractivity contribution in [1.82, 2.24) is 4.90 Å². The lowest BCUT2D eigenvalue weighted by Crippen LogP contribution is -2.40. The van der Waals surface area contributed by atoms with Crippen molar-refractivity contribution in [2.24, 2.45) is 11.1 Å². The van der Waals surface area contributed by atoms with E-state index in [0.717, 1.165) is 31.3 Å². The fourth-order valence-electron chi connectivity index (χ4n) is 2.59. The van der Waals surface area contributed by atoms with Crippen molar-refractivity contribution in [3.63, 3.8) is 0 Å². The van der Waals surface area contributed by atoms with Crippen molar-refractivity contribution < 1.29 is 14.0 Å². The summed E-state index contributed by atoms with van der Waals surface area (Å²) in [7, 11) is 0. The van der Waals surface area contributed by atoms with Gasteiger partial charge in [0.15, 0.2) is 0 Å². The highest BCUT2D eigenvalue weighted by molar-refractivity contribution is 5.87. The van der Waals surface area contributed by atoms with Crippen LogP contribution >= 0.6 is 0 Å². The summed E-state index contributed by atoms with van der Waals surface area (Å²) in [5.74, 6) is -0.870. The lowest BCUT2D eigenvalue weighted by molar-refractivity contribution is 0.220. The van der Waals surface area contributed by atoms with Crippen LogP contribution in [-0.2, 0) is 6.54 Å². The van der Waals surface area contributed by atoms with Gasteiger partial charge in [-0.1, -0.05) is 12.1 Å². The Kier molecular flexibility index (Phi) is 4.47. The van der Waals surface area contributed by atoms with E-state index in [1.54, 1.807) is 0 Å². The van der Waals surface area contributed by atoms with Crippen LogP contribution < -0.4 is 0 Å². The van der Waals surface area contributed by atoms with Crippen LogP contribution in [0.5, 0.6) is 0 Å². The van der Waals surface area contributed by atoms with Gasteiger partial charge in [0.25, 0.3) is 0 Å². The van der Waals surface area contributed by atoms with Crippen molar-refractivity contribution in [3.05, 3.63) is 35.4 Å². The number of oxime groups is 1. The van der Waals surface area contributed by atoms with Crippen LogP contribution in [-0.4, -0.2) is 28.9 Å². The quantitative estimate of drug-likeness (QED) is 0.675. The lowest BCUT2D eigenvalue weighted by Gasteiger charge is -2.32. The van der Waals surface area contributed by atoms with E-state index in [-0.39, 0.29) is 5.92 Å². The van der Waals surface area contributed by atoms with Crippen LogP contribution in [0, 0.1) is 17.6 Å². The highest BCUT2D eigenvalue weighted by Gasteiger charge is 2.24. The second-order valence-corrected chi connectivity index (χ2v) is 4.96. The van der Waals surface area contributed by atoms with E-state index in [1.165, 1.54) is 12.1 Å². The highest BCUT2D eigenvalue weighted by Crippen LogP contribution is 2.20. The van der Waals surface area contributed by atoms with Gasteiger partial charge < -0.3 is 5.21 Å². The first-order chi connectivity index (χ1) is 9.12. The number of rotatable bonds is 3. The molecule has 1 saturated heterocycles. The zero-order valence-corrected chi connectivity index (χ0v) is 10.9. The van der Waals surface area contributed by atoms with Gasteiger partial charge in [-0.15, -0.1) is 0 Å². The summed E-state index contributed by atoms with van der Waals surface area (Å²) in [4.78, 5) is 2.14. The van der Waals surface area contributed by atoms with Gasteiger partial charge >= 0.3 is 0 Å². The van der Waals surface area contributed by atoms with Crippen molar-refractivity contribution in [1.29, 1.82) is 0 Å². The molecule has 0 aliphatic carbocycles. The Morgan fingerprint density at radius 2 is 2.00 bits per heavy atom. The second-order valence-electron chi connectivity index (χ2n) is 4.96. The SMILES string of the molecule is CCC1CN(Cc2cc(F)cc(F)c2)CC/C1=N\O. The van der Waals surface area contributed by atoms with Crippen LogP contribution in [0.1, 0.15) is 25.3 Å². The third kappa shape index (κ3) is 3.50. The molecule has 5 heteroatoms. The molecule has 104 valence electrons. The number of hydrogen-bond acceptors (Lipinski definition) is 3. The van der Waals surface area contributed by atoms with Gasteiger partial charge in [0.2, 0.25) is 0 Å². The molecule has 1 heterocycles. The normalized spacial score (nSPS) is 22.9. The number of likely N-dealkylation sites (tertiary alicyclic amines) is 1. The molecule has 1 aromatic rings. The third-order valence-electron chi connectivity index (χ3n) is 3.58. The Hall–Kier alpha value is -1.49. The molecule has 1 fully saturated rings. The maximum absolute atomic E-state index is 13.1. The molecule has 2 rings (SSSR count). The minimum Gasteiger partial charge on any atom is -0.411 e. The molecular weight excluding hydrogens is 250 g/mol. The monoisotopic (exact) mass is 268 g/mol. The third-order valence-corrected chi connectivity index (χ3v) is 3.58. The summed E-state index contributed by atoms with van der Waals surface area (Å²) in [5.41, 5.74) is 1.46. The number of halogens is 2. The van der Waals surface area contributed by atoms with Crippen LogP contribution in [0.3, 0.4) is 0 Å². The first-order valence-corrected chi connectivity index (χ1v) is 6.50. The molecule has 1 N–H and O–H groups in total. The molecule has 19 heavy (non-hydrogen) atoms. The Labute approximate surface area is 111 Å². The number of benzene rings is 1. The number of nitrogens with zero attached hydrogens (tertiary/aromatic N) is 2. The molecule has 0 aromatic heterocycles. The average Bonchev–Trinajstić information content (AvgIpc) is 2.37. The maximum atomic E-state index is 13.1. The van der Waals surface area contributed by atoms with Crippen molar-refractivity contribution in [2.75, 3.05) is 13.1 Å². The zero-order valence-electron chi connectivity index (χ0n) is 10.9. The Morgan fingerprint density at radius 1 is 1.32 bits per heavy atom. The number of hydrogen-bond donors (Lipinski definition) is 1. The Bertz CT molecular complexity index is 456. The molecule has 0 amide bonds. The van der Waals surface area contributed by atoms with E-state index < -0.39 is 11.6 Å². The topological polar surface area (TPSA) is 35.8 Å².